The minimum absolute atomic E-state index is 0.0372. The van der Waals surface area contributed by atoms with Gasteiger partial charge >= 0.3 is 5.97 Å². The van der Waals surface area contributed by atoms with E-state index in [0.717, 1.165) is 5.56 Å². The van der Waals surface area contributed by atoms with Crippen molar-refractivity contribution < 1.29 is 23.6 Å². The van der Waals surface area contributed by atoms with Crippen molar-refractivity contribution in [1.29, 1.82) is 0 Å². The summed E-state index contributed by atoms with van der Waals surface area (Å²) in [6.45, 7) is 3.15. The monoisotopic (exact) mass is 374 g/mol. The van der Waals surface area contributed by atoms with Crippen LogP contribution >= 0.6 is 0 Å². The fraction of sp³-hybridized carbons (Fsp3) is 0.263. The lowest BCUT2D eigenvalue weighted by atomic mass is 10.1. The number of esters is 1. The van der Waals surface area contributed by atoms with Gasteiger partial charge in [-0.2, -0.15) is 0 Å². The molecular weight excluding hydrogens is 355 g/mol. The molecule has 0 radical (unpaired) electrons. The van der Waals surface area contributed by atoms with Gasteiger partial charge in [0, 0.05) is 18.2 Å². The van der Waals surface area contributed by atoms with Gasteiger partial charge in [-0.05, 0) is 44.0 Å². The van der Waals surface area contributed by atoms with Crippen LogP contribution in [0, 0.1) is 22.9 Å². The minimum atomic E-state index is -1.07. The Balaban J connectivity index is 1.90. The van der Waals surface area contributed by atoms with Gasteiger partial charge in [-0.15, -0.1) is 0 Å². The number of nitrogens with one attached hydrogen (secondary N) is 1. The Kier molecular flexibility index (Phi) is 6.59. The summed E-state index contributed by atoms with van der Waals surface area (Å²) in [5.74, 6) is -1.63. The first kappa shape index (κ1) is 20.0. The summed E-state index contributed by atoms with van der Waals surface area (Å²) in [6, 6.07) is 9.99. The van der Waals surface area contributed by atoms with Gasteiger partial charge in [0.2, 0.25) is 0 Å². The zero-order chi connectivity index (χ0) is 20.0. The van der Waals surface area contributed by atoms with Crippen LogP contribution in [0.2, 0.25) is 0 Å². The van der Waals surface area contributed by atoms with Crippen molar-refractivity contribution in [2.45, 2.75) is 26.4 Å². The van der Waals surface area contributed by atoms with Crippen molar-refractivity contribution in [2.24, 2.45) is 0 Å². The number of nitrogens with zero attached hydrogens (tertiary/aromatic N) is 1. The van der Waals surface area contributed by atoms with Crippen LogP contribution in [0.5, 0.6) is 0 Å². The molecule has 0 aliphatic carbocycles. The van der Waals surface area contributed by atoms with E-state index in [1.165, 1.54) is 44.2 Å². The average Bonchev–Trinajstić information content (AvgIpc) is 2.63. The molecule has 8 heteroatoms. The first-order valence-corrected chi connectivity index (χ1v) is 8.26. The molecule has 0 saturated carbocycles. The second kappa shape index (κ2) is 8.88. The van der Waals surface area contributed by atoms with Gasteiger partial charge < -0.3 is 10.1 Å². The highest BCUT2D eigenvalue weighted by molar-refractivity contribution is 5.94. The van der Waals surface area contributed by atoms with Gasteiger partial charge in [-0.25, -0.2) is 9.18 Å². The molecule has 1 amide bonds. The van der Waals surface area contributed by atoms with Crippen LogP contribution in [0.25, 0.3) is 0 Å². The summed E-state index contributed by atoms with van der Waals surface area (Å²) in [5.41, 5.74) is 0.876. The predicted octanol–water partition coefficient (Wildman–Crippen LogP) is 2.95. The molecule has 0 saturated heterocycles. The first-order chi connectivity index (χ1) is 12.8. The number of ether oxygens (including phenoxy) is 1. The molecule has 0 aliphatic rings. The third kappa shape index (κ3) is 5.34. The zero-order valence-electron chi connectivity index (χ0n) is 14.9. The van der Waals surface area contributed by atoms with Gasteiger partial charge in [0.05, 0.1) is 10.5 Å². The van der Waals surface area contributed by atoms with E-state index in [1.807, 2.05) is 0 Å². The average molecular weight is 374 g/mol. The number of carbonyl (C=O) groups is 2. The molecule has 0 spiro atoms. The number of rotatable bonds is 7. The lowest BCUT2D eigenvalue weighted by Crippen LogP contribution is -2.37. The van der Waals surface area contributed by atoms with Gasteiger partial charge in [0.25, 0.3) is 11.6 Å². The third-order valence-corrected chi connectivity index (χ3v) is 4.00. The Morgan fingerprint density at radius 2 is 1.89 bits per heavy atom. The maximum absolute atomic E-state index is 12.8. The molecule has 0 fully saturated rings. The van der Waals surface area contributed by atoms with E-state index in [1.54, 1.807) is 12.1 Å². The number of benzene rings is 2. The summed E-state index contributed by atoms with van der Waals surface area (Å²) in [4.78, 5) is 34.6. The molecule has 1 N–H and O–H groups in total. The van der Waals surface area contributed by atoms with Gasteiger partial charge in [-0.3, -0.25) is 14.9 Å². The Labute approximate surface area is 155 Å². The molecular formula is C19H19FN2O5. The standard InChI is InChI=1S/C19H19FN2O5/c1-12-16(4-3-5-17(12)22(25)26)19(24)27-13(2)18(23)21-11-10-14-6-8-15(20)9-7-14/h3-9,13H,10-11H2,1-2H3,(H,21,23)/t13-/m0/s1. The lowest BCUT2D eigenvalue weighted by Gasteiger charge is -2.14. The summed E-state index contributed by atoms with van der Waals surface area (Å²) in [6.07, 6.45) is -0.569. The number of amides is 1. The molecule has 7 nitrogen and oxygen atoms in total. The molecule has 2 rings (SSSR count). The molecule has 2 aromatic rings. The zero-order valence-corrected chi connectivity index (χ0v) is 14.9. The normalized spacial score (nSPS) is 11.5. The SMILES string of the molecule is Cc1c(C(=O)O[C@@H](C)C(=O)NCCc2ccc(F)cc2)cccc1[N+](=O)[O-]. The Morgan fingerprint density at radius 3 is 2.52 bits per heavy atom. The van der Waals surface area contributed by atoms with E-state index < -0.39 is 22.9 Å². The second-order valence-electron chi connectivity index (χ2n) is 5.92. The van der Waals surface area contributed by atoms with Crippen molar-refractivity contribution in [1.82, 2.24) is 5.32 Å². The molecule has 1 atom stereocenters. The number of nitro groups is 1. The maximum atomic E-state index is 12.8. The molecule has 142 valence electrons. The maximum Gasteiger partial charge on any atom is 0.339 e. The summed E-state index contributed by atoms with van der Waals surface area (Å²) < 4.78 is 18.0. The molecule has 0 unspecified atom stereocenters. The van der Waals surface area contributed by atoms with Crippen LogP contribution in [0.1, 0.15) is 28.4 Å². The first-order valence-electron chi connectivity index (χ1n) is 8.26. The van der Waals surface area contributed by atoms with Crippen LogP contribution in [-0.2, 0) is 16.0 Å². The van der Waals surface area contributed by atoms with Crippen molar-refractivity contribution in [2.75, 3.05) is 6.54 Å². The number of hydrogen-bond donors (Lipinski definition) is 1. The topological polar surface area (TPSA) is 98.5 Å². The quantitative estimate of drug-likeness (QED) is 0.456. The number of nitro benzene ring substituents is 1. The van der Waals surface area contributed by atoms with Crippen LogP contribution in [0.3, 0.4) is 0 Å². The van der Waals surface area contributed by atoms with Gasteiger partial charge in [0.15, 0.2) is 6.10 Å². The van der Waals surface area contributed by atoms with Crippen molar-refractivity contribution in [3.63, 3.8) is 0 Å². The minimum Gasteiger partial charge on any atom is -0.449 e. The molecule has 0 aromatic heterocycles. The summed E-state index contributed by atoms with van der Waals surface area (Å²) in [7, 11) is 0. The van der Waals surface area contributed by atoms with Gasteiger partial charge in [0.1, 0.15) is 5.82 Å². The molecule has 0 aliphatic heterocycles. The smallest absolute Gasteiger partial charge is 0.339 e. The number of carbonyl (C=O) groups excluding carboxylic acids is 2. The fourth-order valence-electron chi connectivity index (χ4n) is 2.44. The van der Waals surface area contributed by atoms with Crippen LogP contribution in [-0.4, -0.2) is 29.4 Å². The third-order valence-electron chi connectivity index (χ3n) is 4.00. The summed E-state index contributed by atoms with van der Waals surface area (Å²) in [5, 5.41) is 13.6. The Morgan fingerprint density at radius 1 is 1.22 bits per heavy atom. The largest absolute Gasteiger partial charge is 0.449 e. The second-order valence-corrected chi connectivity index (χ2v) is 5.92. The highest BCUT2D eigenvalue weighted by atomic mass is 19.1. The summed E-state index contributed by atoms with van der Waals surface area (Å²) >= 11 is 0. The number of halogens is 1. The van der Waals surface area contributed by atoms with Crippen LogP contribution in [0.4, 0.5) is 10.1 Å². The Hall–Kier alpha value is -3.29. The molecule has 0 heterocycles. The van der Waals surface area contributed by atoms with Gasteiger partial charge in [-0.1, -0.05) is 18.2 Å². The van der Waals surface area contributed by atoms with E-state index in [-0.39, 0.29) is 22.6 Å². The van der Waals surface area contributed by atoms with Crippen molar-refractivity contribution in [3.8, 4) is 0 Å². The van der Waals surface area contributed by atoms with Crippen LogP contribution in [0.15, 0.2) is 42.5 Å². The van der Waals surface area contributed by atoms with E-state index in [9.17, 15) is 24.1 Å². The Bertz CT molecular complexity index is 852. The van der Waals surface area contributed by atoms with E-state index in [4.69, 9.17) is 4.74 Å². The van der Waals surface area contributed by atoms with E-state index in [0.29, 0.717) is 13.0 Å². The highest BCUT2D eigenvalue weighted by Crippen LogP contribution is 2.22. The molecule has 0 bridgehead atoms. The fourth-order valence-corrected chi connectivity index (χ4v) is 2.44. The highest BCUT2D eigenvalue weighted by Gasteiger charge is 2.23. The predicted molar refractivity (Wildman–Crippen MR) is 95.8 cm³/mol. The van der Waals surface area contributed by atoms with E-state index in [2.05, 4.69) is 5.32 Å². The van der Waals surface area contributed by atoms with Crippen molar-refractivity contribution >= 4 is 17.6 Å². The lowest BCUT2D eigenvalue weighted by molar-refractivity contribution is -0.385. The molecule has 2 aromatic carbocycles. The van der Waals surface area contributed by atoms with Crippen LogP contribution < -0.4 is 5.32 Å². The number of hydrogen-bond acceptors (Lipinski definition) is 5. The molecule has 27 heavy (non-hydrogen) atoms. The van der Waals surface area contributed by atoms with Crippen molar-refractivity contribution in [3.05, 3.63) is 75.1 Å². The van der Waals surface area contributed by atoms with E-state index >= 15 is 0 Å².